The number of carbonyl (C=O) groups excluding carboxylic acids is 1. The molecule has 6 nitrogen and oxygen atoms in total. The van der Waals surface area contributed by atoms with Crippen molar-refractivity contribution in [3.8, 4) is 0 Å². The number of nitro groups is 1. The van der Waals surface area contributed by atoms with Gasteiger partial charge in [0, 0.05) is 35.7 Å². The number of hydrogen-bond donors (Lipinski definition) is 1. The number of benzene rings is 2. The van der Waals surface area contributed by atoms with Crippen LogP contribution in [0.1, 0.15) is 28.8 Å². The van der Waals surface area contributed by atoms with E-state index in [0.29, 0.717) is 29.6 Å². The molecule has 0 unspecified atom stereocenters. The largest absolute Gasteiger partial charge is 0.339 e. The zero-order valence-electron chi connectivity index (χ0n) is 15.9. The van der Waals surface area contributed by atoms with Gasteiger partial charge in [0.15, 0.2) is 0 Å². The molecule has 0 aliphatic carbocycles. The van der Waals surface area contributed by atoms with E-state index in [1.807, 2.05) is 38.2 Å². The summed E-state index contributed by atoms with van der Waals surface area (Å²) in [4.78, 5) is 27.1. The Hall–Kier alpha value is -2.09. The van der Waals surface area contributed by atoms with Gasteiger partial charge in [-0.2, -0.15) is 0 Å². The van der Waals surface area contributed by atoms with Crippen molar-refractivity contribution in [2.75, 3.05) is 20.1 Å². The summed E-state index contributed by atoms with van der Waals surface area (Å²) in [5.74, 6) is -0.139. The zero-order chi connectivity index (χ0) is 19.4. The molecule has 150 valence electrons. The van der Waals surface area contributed by atoms with Crippen molar-refractivity contribution in [1.29, 1.82) is 0 Å². The SMILES string of the molecule is CNC1CCN(C(=O)c2ccc(Sc3ccc(C)cc3)c([N+](=O)[O-])c2)CC1.Cl. The Labute approximate surface area is 175 Å². The Balaban J connectivity index is 0.00000280. The highest BCUT2D eigenvalue weighted by Crippen LogP contribution is 2.35. The fraction of sp³-hybridized carbons (Fsp3) is 0.350. The number of carbonyl (C=O) groups is 1. The van der Waals surface area contributed by atoms with Gasteiger partial charge in [-0.25, -0.2) is 0 Å². The van der Waals surface area contributed by atoms with Crippen LogP contribution >= 0.6 is 24.2 Å². The minimum absolute atomic E-state index is 0. The maximum absolute atomic E-state index is 12.8. The van der Waals surface area contributed by atoms with E-state index in [9.17, 15) is 14.9 Å². The molecule has 1 aliphatic heterocycles. The summed E-state index contributed by atoms with van der Waals surface area (Å²) in [5, 5.41) is 14.8. The van der Waals surface area contributed by atoms with Crippen LogP contribution in [-0.2, 0) is 0 Å². The second kappa shape index (κ2) is 9.91. The highest BCUT2D eigenvalue weighted by molar-refractivity contribution is 7.99. The highest BCUT2D eigenvalue weighted by Gasteiger charge is 2.25. The first-order valence-electron chi connectivity index (χ1n) is 8.97. The third-order valence-corrected chi connectivity index (χ3v) is 5.91. The Morgan fingerprint density at radius 3 is 2.39 bits per heavy atom. The van der Waals surface area contributed by atoms with Crippen LogP contribution in [0, 0.1) is 17.0 Å². The molecular weight excluding hydrogens is 398 g/mol. The lowest BCUT2D eigenvalue weighted by Gasteiger charge is -2.31. The first-order chi connectivity index (χ1) is 13.0. The molecule has 0 spiro atoms. The Kier molecular flexibility index (Phi) is 7.86. The molecule has 0 bridgehead atoms. The quantitative estimate of drug-likeness (QED) is 0.575. The van der Waals surface area contributed by atoms with Gasteiger partial charge in [0.1, 0.15) is 0 Å². The second-order valence-corrected chi connectivity index (χ2v) is 7.83. The van der Waals surface area contributed by atoms with E-state index in [1.54, 1.807) is 17.0 Å². The average Bonchev–Trinajstić information content (AvgIpc) is 2.69. The van der Waals surface area contributed by atoms with Crippen molar-refractivity contribution in [2.45, 2.75) is 35.6 Å². The summed E-state index contributed by atoms with van der Waals surface area (Å²) in [5.41, 5.74) is 1.48. The smallest absolute Gasteiger partial charge is 0.284 e. The van der Waals surface area contributed by atoms with Crippen molar-refractivity contribution in [3.05, 3.63) is 63.7 Å². The average molecular weight is 422 g/mol. The van der Waals surface area contributed by atoms with Crippen molar-refractivity contribution in [2.24, 2.45) is 0 Å². The van der Waals surface area contributed by atoms with Gasteiger partial charge < -0.3 is 10.2 Å². The van der Waals surface area contributed by atoms with E-state index in [-0.39, 0.29) is 24.0 Å². The molecule has 1 heterocycles. The van der Waals surface area contributed by atoms with Crippen LogP contribution in [0.4, 0.5) is 5.69 Å². The lowest BCUT2D eigenvalue weighted by atomic mass is 10.0. The van der Waals surface area contributed by atoms with Crippen LogP contribution in [0.5, 0.6) is 0 Å². The number of nitro benzene ring substituents is 1. The minimum atomic E-state index is -0.416. The van der Waals surface area contributed by atoms with Crippen molar-refractivity contribution in [1.82, 2.24) is 10.2 Å². The summed E-state index contributed by atoms with van der Waals surface area (Å²) in [6.45, 7) is 3.33. The van der Waals surface area contributed by atoms with E-state index in [1.165, 1.54) is 17.8 Å². The molecular formula is C20H24ClN3O3S. The van der Waals surface area contributed by atoms with Crippen LogP contribution in [0.25, 0.3) is 0 Å². The monoisotopic (exact) mass is 421 g/mol. The molecule has 1 aliphatic rings. The summed E-state index contributed by atoms with van der Waals surface area (Å²) >= 11 is 1.34. The van der Waals surface area contributed by atoms with E-state index in [2.05, 4.69) is 5.32 Å². The van der Waals surface area contributed by atoms with Gasteiger partial charge in [-0.15, -0.1) is 12.4 Å². The predicted molar refractivity (Wildman–Crippen MR) is 114 cm³/mol. The summed E-state index contributed by atoms with van der Waals surface area (Å²) in [6, 6.07) is 13.0. The molecule has 1 N–H and O–H groups in total. The topological polar surface area (TPSA) is 75.5 Å². The lowest BCUT2D eigenvalue weighted by molar-refractivity contribution is -0.387. The van der Waals surface area contributed by atoms with Crippen LogP contribution in [0.3, 0.4) is 0 Å². The van der Waals surface area contributed by atoms with Crippen molar-refractivity contribution in [3.63, 3.8) is 0 Å². The van der Waals surface area contributed by atoms with Crippen LogP contribution in [0.15, 0.2) is 52.3 Å². The molecule has 28 heavy (non-hydrogen) atoms. The molecule has 3 rings (SSSR count). The number of aryl methyl sites for hydroxylation is 1. The third kappa shape index (κ3) is 5.25. The molecule has 1 saturated heterocycles. The number of hydrogen-bond acceptors (Lipinski definition) is 5. The third-order valence-electron chi connectivity index (χ3n) is 4.84. The van der Waals surface area contributed by atoms with E-state index in [0.717, 1.165) is 23.3 Å². The van der Waals surface area contributed by atoms with Gasteiger partial charge >= 0.3 is 0 Å². The first-order valence-corrected chi connectivity index (χ1v) is 9.79. The van der Waals surface area contributed by atoms with Gasteiger partial charge in [-0.05, 0) is 51.1 Å². The predicted octanol–water partition coefficient (Wildman–Crippen LogP) is 4.30. The number of halogens is 1. The molecule has 0 aromatic heterocycles. The van der Waals surface area contributed by atoms with E-state index >= 15 is 0 Å². The Morgan fingerprint density at radius 1 is 1.18 bits per heavy atom. The fourth-order valence-electron chi connectivity index (χ4n) is 3.17. The molecule has 0 atom stereocenters. The maximum atomic E-state index is 12.8. The van der Waals surface area contributed by atoms with Crippen LogP contribution < -0.4 is 5.32 Å². The Morgan fingerprint density at radius 2 is 1.82 bits per heavy atom. The fourth-order valence-corrected chi connectivity index (χ4v) is 4.07. The standard InChI is InChI=1S/C20H23N3O3S.ClH/c1-14-3-6-17(7-4-14)27-19-8-5-15(13-18(19)23(25)26)20(24)22-11-9-16(21-2)10-12-22;/h3-8,13,16,21H,9-12H2,1-2H3;1H. The van der Waals surface area contributed by atoms with Crippen molar-refractivity contribution < 1.29 is 9.72 Å². The number of nitrogens with zero attached hydrogens (tertiary/aromatic N) is 2. The lowest BCUT2D eigenvalue weighted by Crippen LogP contribution is -2.43. The number of piperidine rings is 1. The van der Waals surface area contributed by atoms with Gasteiger partial charge in [0.05, 0.1) is 9.82 Å². The van der Waals surface area contributed by atoms with Gasteiger partial charge in [0.25, 0.3) is 11.6 Å². The first kappa shape index (κ1) is 22.2. The minimum Gasteiger partial charge on any atom is -0.339 e. The normalized spacial score (nSPS) is 14.4. The van der Waals surface area contributed by atoms with E-state index in [4.69, 9.17) is 0 Å². The number of likely N-dealkylation sites (tertiary alicyclic amines) is 1. The number of rotatable bonds is 5. The zero-order valence-corrected chi connectivity index (χ0v) is 17.5. The molecule has 0 radical (unpaired) electrons. The van der Waals surface area contributed by atoms with Crippen molar-refractivity contribution >= 4 is 35.8 Å². The van der Waals surface area contributed by atoms with Gasteiger partial charge in [-0.1, -0.05) is 29.5 Å². The van der Waals surface area contributed by atoms with Crippen LogP contribution in [0.2, 0.25) is 0 Å². The Bertz CT molecular complexity index is 837. The van der Waals surface area contributed by atoms with E-state index < -0.39 is 4.92 Å². The molecule has 1 fully saturated rings. The number of nitrogens with one attached hydrogen (secondary N) is 1. The summed E-state index contributed by atoms with van der Waals surface area (Å²) < 4.78 is 0. The van der Waals surface area contributed by atoms with Crippen LogP contribution in [-0.4, -0.2) is 41.9 Å². The molecule has 2 aromatic rings. The van der Waals surface area contributed by atoms with Gasteiger partial charge in [-0.3, -0.25) is 14.9 Å². The summed E-state index contributed by atoms with van der Waals surface area (Å²) in [7, 11) is 1.93. The highest BCUT2D eigenvalue weighted by atomic mass is 35.5. The molecule has 0 saturated carbocycles. The molecule has 2 aromatic carbocycles. The van der Waals surface area contributed by atoms with Gasteiger partial charge in [0.2, 0.25) is 0 Å². The molecule has 1 amide bonds. The second-order valence-electron chi connectivity index (χ2n) is 6.71. The summed E-state index contributed by atoms with van der Waals surface area (Å²) in [6.07, 6.45) is 1.79. The molecule has 8 heteroatoms. The number of amides is 1. The maximum Gasteiger partial charge on any atom is 0.284 e.